The largest absolute Gasteiger partial charge is 0.484 e. The van der Waals surface area contributed by atoms with Crippen molar-refractivity contribution in [3.05, 3.63) is 70.6 Å². The molecule has 1 atom stereocenters. The lowest BCUT2D eigenvalue weighted by Gasteiger charge is -2.26. The van der Waals surface area contributed by atoms with E-state index in [1.165, 1.54) is 18.4 Å². The maximum atomic E-state index is 13.2. The third kappa shape index (κ3) is 5.91. The summed E-state index contributed by atoms with van der Waals surface area (Å²) >= 11 is 6.59. The van der Waals surface area contributed by atoms with Crippen LogP contribution < -0.4 is 4.74 Å². The van der Waals surface area contributed by atoms with E-state index >= 15 is 0 Å². The van der Waals surface area contributed by atoms with E-state index in [0.29, 0.717) is 16.2 Å². The van der Waals surface area contributed by atoms with Crippen LogP contribution in [0.4, 0.5) is 0 Å². The first-order valence-electron chi connectivity index (χ1n) is 11.4. The summed E-state index contributed by atoms with van der Waals surface area (Å²) in [5.41, 5.74) is 1.40. The topological polar surface area (TPSA) is 76.1 Å². The Kier molecular flexibility index (Phi) is 8.20. The Morgan fingerprint density at radius 1 is 1.06 bits per heavy atom. The number of carbonyl (C=O) groups is 3. The van der Waals surface area contributed by atoms with Crippen molar-refractivity contribution < 1.29 is 23.9 Å². The highest BCUT2D eigenvalue weighted by Crippen LogP contribution is 2.38. The zero-order valence-electron chi connectivity index (χ0n) is 19.3. The van der Waals surface area contributed by atoms with Gasteiger partial charge in [0.2, 0.25) is 0 Å². The van der Waals surface area contributed by atoms with Crippen molar-refractivity contribution in [2.75, 3.05) is 26.8 Å². The molecule has 1 unspecified atom stereocenters. The lowest BCUT2D eigenvalue weighted by atomic mass is 10.1. The van der Waals surface area contributed by atoms with Crippen LogP contribution in [0.1, 0.15) is 36.4 Å². The highest BCUT2D eigenvalue weighted by atomic mass is 32.2. The fraction of sp³-hybridized carbons (Fsp3) is 0.308. The highest BCUT2D eigenvalue weighted by Gasteiger charge is 2.41. The lowest BCUT2D eigenvalue weighted by molar-refractivity contribution is -0.148. The minimum absolute atomic E-state index is 0.00368. The molecule has 35 heavy (non-hydrogen) atoms. The number of likely N-dealkylation sites (tertiary alicyclic amines) is 1. The average molecular weight is 511 g/mol. The number of benzene rings is 2. The Morgan fingerprint density at radius 2 is 1.74 bits per heavy atom. The van der Waals surface area contributed by atoms with Crippen molar-refractivity contribution in [1.29, 1.82) is 0 Å². The first-order chi connectivity index (χ1) is 17.0. The van der Waals surface area contributed by atoms with E-state index in [2.05, 4.69) is 0 Å². The number of amides is 2. The molecule has 0 aromatic heterocycles. The number of esters is 1. The minimum atomic E-state index is -0.951. The molecule has 2 aliphatic rings. The van der Waals surface area contributed by atoms with Gasteiger partial charge in [0.15, 0.2) is 12.6 Å². The molecule has 7 nitrogen and oxygen atoms in total. The third-order valence-corrected chi connectivity index (χ3v) is 7.20. The van der Waals surface area contributed by atoms with Crippen molar-refractivity contribution in [1.82, 2.24) is 9.80 Å². The van der Waals surface area contributed by atoms with Crippen molar-refractivity contribution in [3.8, 4) is 5.75 Å². The molecule has 0 spiro atoms. The molecule has 2 amide bonds. The summed E-state index contributed by atoms with van der Waals surface area (Å²) in [5.74, 6) is -0.341. The van der Waals surface area contributed by atoms with Gasteiger partial charge in [-0.05, 0) is 48.6 Å². The molecule has 0 N–H and O–H groups in total. The SMILES string of the molecule is COC(=O)C(c1ccccc1)N1C(=O)/C(=C\c2ccc(OCC(=O)N3CCCCC3)cc2)SC1=S. The Bertz CT molecular complexity index is 1130. The normalized spacial score (nSPS) is 18.0. The number of nitrogens with zero attached hydrogens (tertiary/aromatic N) is 2. The molecule has 0 saturated carbocycles. The maximum absolute atomic E-state index is 13.2. The quantitative estimate of drug-likeness (QED) is 0.314. The molecule has 2 aromatic rings. The monoisotopic (exact) mass is 510 g/mol. The van der Waals surface area contributed by atoms with Crippen LogP contribution in [0.5, 0.6) is 5.75 Å². The van der Waals surface area contributed by atoms with E-state index in [0.717, 1.165) is 43.3 Å². The van der Waals surface area contributed by atoms with Crippen LogP contribution in [-0.4, -0.2) is 58.7 Å². The van der Waals surface area contributed by atoms with Crippen molar-refractivity contribution in [2.24, 2.45) is 0 Å². The van der Waals surface area contributed by atoms with Gasteiger partial charge in [-0.1, -0.05) is 66.4 Å². The lowest BCUT2D eigenvalue weighted by Crippen LogP contribution is -2.38. The average Bonchev–Trinajstić information content (AvgIpc) is 3.17. The number of carbonyl (C=O) groups excluding carboxylic acids is 3. The molecule has 2 heterocycles. The van der Waals surface area contributed by atoms with Crippen LogP contribution in [0.2, 0.25) is 0 Å². The predicted octanol–water partition coefficient (Wildman–Crippen LogP) is 4.19. The standard InChI is InChI=1S/C26H26N2O5S2/c1-32-25(31)23(19-8-4-2-5-9-19)28-24(30)21(35-26(28)34)16-18-10-12-20(13-11-18)33-17-22(29)27-14-6-3-7-15-27/h2,4-5,8-13,16,23H,3,6-7,14-15,17H2,1H3/b21-16+. The summed E-state index contributed by atoms with van der Waals surface area (Å²) in [4.78, 5) is 41.6. The number of methoxy groups -OCH3 is 1. The number of thiocarbonyl (C=S) groups is 1. The number of hydrogen-bond donors (Lipinski definition) is 0. The molecule has 0 aliphatic carbocycles. The van der Waals surface area contributed by atoms with Gasteiger partial charge < -0.3 is 14.4 Å². The van der Waals surface area contributed by atoms with E-state index in [1.807, 2.05) is 23.1 Å². The minimum Gasteiger partial charge on any atom is -0.484 e. The van der Waals surface area contributed by atoms with E-state index in [-0.39, 0.29) is 22.7 Å². The molecule has 4 rings (SSSR count). The van der Waals surface area contributed by atoms with Gasteiger partial charge in [-0.2, -0.15) is 0 Å². The zero-order chi connectivity index (χ0) is 24.8. The highest BCUT2D eigenvalue weighted by molar-refractivity contribution is 8.26. The molecule has 182 valence electrons. The number of piperidine rings is 1. The van der Waals surface area contributed by atoms with Gasteiger partial charge in [0.1, 0.15) is 10.1 Å². The summed E-state index contributed by atoms with van der Waals surface area (Å²) in [7, 11) is 1.29. The second-order valence-corrected chi connectivity index (χ2v) is 9.86. The molecule has 2 fully saturated rings. The molecule has 0 radical (unpaired) electrons. The second kappa shape index (κ2) is 11.5. The number of hydrogen-bond acceptors (Lipinski definition) is 7. The fourth-order valence-electron chi connectivity index (χ4n) is 4.03. The Hall–Kier alpha value is -3.17. The molecular formula is C26H26N2O5S2. The smallest absolute Gasteiger partial charge is 0.333 e. The van der Waals surface area contributed by atoms with Crippen LogP contribution in [0, 0.1) is 0 Å². The summed E-state index contributed by atoms with van der Waals surface area (Å²) in [6.07, 6.45) is 4.97. The zero-order valence-corrected chi connectivity index (χ0v) is 21.0. The van der Waals surface area contributed by atoms with Crippen LogP contribution in [0.15, 0.2) is 59.5 Å². The summed E-state index contributed by atoms with van der Waals surface area (Å²) in [6, 6.07) is 15.1. The van der Waals surface area contributed by atoms with Gasteiger partial charge >= 0.3 is 5.97 Å². The van der Waals surface area contributed by atoms with Gasteiger partial charge in [0, 0.05) is 13.1 Å². The van der Waals surface area contributed by atoms with E-state index in [1.54, 1.807) is 42.5 Å². The van der Waals surface area contributed by atoms with Gasteiger partial charge in [-0.3, -0.25) is 14.5 Å². The third-order valence-electron chi connectivity index (χ3n) is 5.87. The number of thioether (sulfide) groups is 1. The summed E-state index contributed by atoms with van der Waals surface area (Å²) < 4.78 is 10.9. The van der Waals surface area contributed by atoms with Gasteiger partial charge in [0.25, 0.3) is 11.8 Å². The van der Waals surface area contributed by atoms with Gasteiger partial charge in [-0.25, -0.2) is 4.79 Å². The molecular weight excluding hydrogens is 484 g/mol. The van der Waals surface area contributed by atoms with Gasteiger partial charge in [-0.15, -0.1) is 0 Å². The second-order valence-electron chi connectivity index (χ2n) is 8.19. The predicted molar refractivity (Wildman–Crippen MR) is 139 cm³/mol. The molecule has 2 aromatic carbocycles. The van der Waals surface area contributed by atoms with E-state index in [9.17, 15) is 14.4 Å². The van der Waals surface area contributed by atoms with Crippen LogP contribution >= 0.6 is 24.0 Å². The first-order valence-corrected chi connectivity index (χ1v) is 12.6. The Balaban J connectivity index is 1.44. The molecule has 2 aliphatic heterocycles. The van der Waals surface area contributed by atoms with Crippen molar-refractivity contribution >= 4 is 52.2 Å². The van der Waals surface area contributed by atoms with Crippen molar-refractivity contribution in [2.45, 2.75) is 25.3 Å². The van der Waals surface area contributed by atoms with Crippen LogP contribution in [-0.2, 0) is 19.1 Å². The summed E-state index contributed by atoms with van der Waals surface area (Å²) in [6.45, 7) is 1.59. The molecule has 2 saturated heterocycles. The van der Waals surface area contributed by atoms with E-state index in [4.69, 9.17) is 21.7 Å². The van der Waals surface area contributed by atoms with Crippen LogP contribution in [0.3, 0.4) is 0 Å². The Morgan fingerprint density at radius 3 is 2.40 bits per heavy atom. The molecule has 9 heteroatoms. The molecule has 0 bridgehead atoms. The fourth-order valence-corrected chi connectivity index (χ4v) is 5.34. The van der Waals surface area contributed by atoms with E-state index < -0.39 is 12.0 Å². The Labute approximate surface area is 214 Å². The summed E-state index contributed by atoms with van der Waals surface area (Å²) in [5, 5.41) is 0. The number of rotatable bonds is 7. The van der Waals surface area contributed by atoms with Crippen molar-refractivity contribution in [3.63, 3.8) is 0 Å². The van der Waals surface area contributed by atoms with Gasteiger partial charge in [0.05, 0.1) is 12.0 Å². The first kappa shape index (κ1) is 24.9. The van der Waals surface area contributed by atoms with Crippen LogP contribution in [0.25, 0.3) is 6.08 Å². The maximum Gasteiger partial charge on any atom is 0.333 e. The number of ether oxygens (including phenoxy) is 2.